The molecule has 0 N–H and O–H groups in total. The van der Waals surface area contributed by atoms with Gasteiger partial charge in [-0.2, -0.15) is 0 Å². The molecule has 0 aliphatic carbocycles. The summed E-state index contributed by atoms with van der Waals surface area (Å²) in [6.45, 7) is 2.93. The van der Waals surface area contributed by atoms with E-state index in [0.29, 0.717) is 16.9 Å². The Morgan fingerprint density at radius 1 is 0.816 bits per heavy atom. The fourth-order valence-corrected chi connectivity index (χ4v) is 6.25. The first-order valence-corrected chi connectivity index (χ1v) is 13.5. The van der Waals surface area contributed by atoms with Crippen LogP contribution in [-0.2, 0) is 33.8 Å². The number of benzene rings is 3. The van der Waals surface area contributed by atoms with Crippen LogP contribution >= 0.6 is 0 Å². The van der Waals surface area contributed by atoms with Gasteiger partial charge < -0.3 is 18.9 Å². The minimum absolute atomic E-state index is 0.103. The first kappa shape index (κ1) is 27.3. The number of sulfonamides is 1. The number of carbonyl (C=O) groups excluding carboxylic acids is 2. The molecule has 1 aliphatic heterocycles. The van der Waals surface area contributed by atoms with E-state index < -0.39 is 39.8 Å². The average molecular weight is 540 g/mol. The Hall–Kier alpha value is -3.73. The second-order valence-electron chi connectivity index (χ2n) is 8.37. The molecule has 1 heterocycles. The third-order valence-corrected chi connectivity index (χ3v) is 8.05. The molecule has 3 aromatic rings. The van der Waals surface area contributed by atoms with Gasteiger partial charge in [0.15, 0.2) is 6.23 Å². The number of esters is 2. The van der Waals surface area contributed by atoms with Crippen molar-refractivity contribution >= 4 is 22.0 Å². The quantitative estimate of drug-likeness (QED) is 0.296. The monoisotopic (exact) mass is 539 g/mol. The number of hydrogen-bond donors (Lipinski definition) is 0. The molecule has 3 aromatic carbocycles. The standard InChI is InChI=1S/C28H29NO8S/c1-4-35-26(30)28(27(31)36-5-2)24(20-12-8-6-9-13-20)37-25(21-14-10-7-11-15-21)29(28)38(32,33)23-18-16-22(34-3)17-19-23/h6-19,24-25H,4-5H2,1-3H3/t24-,25+/m0/s1. The summed E-state index contributed by atoms with van der Waals surface area (Å²) in [5.41, 5.74) is -1.70. The van der Waals surface area contributed by atoms with Crippen molar-refractivity contribution in [1.82, 2.24) is 4.31 Å². The van der Waals surface area contributed by atoms with Gasteiger partial charge in [-0.15, -0.1) is 4.31 Å². The highest BCUT2D eigenvalue weighted by Crippen LogP contribution is 2.53. The van der Waals surface area contributed by atoms with Crippen LogP contribution in [0.3, 0.4) is 0 Å². The third-order valence-electron chi connectivity index (χ3n) is 6.18. The lowest BCUT2D eigenvalue weighted by molar-refractivity contribution is -0.172. The molecule has 0 radical (unpaired) electrons. The van der Waals surface area contributed by atoms with E-state index in [1.165, 1.54) is 31.4 Å². The zero-order valence-electron chi connectivity index (χ0n) is 21.3. The summed E-state index contributed by atoms with van der Waals surface area (Å²) in [5.74, 6) is -1.75. The highest BCUT2D eigenvalue weighted by Gasteiger charge is 2.71. The second-order valence-corrected chi connectivity index (χ2v) is 10.2. The molecule has 1 aliphatic rings. The van der Waals surface area contributed by atoms with Crippen LogP contribution in [0.15, 0.2) is 89.8 Å². The van der Waals surface area contributed by atoms with E-state index in [2.05, 4.69) is 0 Å². The Kier molecular flexibility index (Phi) is 8.15. The molecule has 0 spiro atoms. The number of rotatable bonds is 9. The van der Waals surface area contributed by atoms with Crippen LogP contribution in [0.1, 0.15) is 37.3 Å². The summed E-state index contributed by atoms with van der Waals surface area (Å²) in [7, 11) is -3.13. The molecule has 9 nitrogen and oxygen atoms in total. The van der Waals surface area contributed by atoms with Crippen LogP contribution < -0.4 is 4.74 Å². The van der Waals surface area contributed by atoms with Gasteiger partial charge in [-0.1, -0.05) is 60.7 Å². The van der Waals surface area contributed by atoms with Crippen LogP contribution in [0.4, 0.5) is 0 Å². The number of carbonyl (C=O) groups is 2. The molecule has 4 rings (SSSR count). The Morgan fingerprint density at radius 3 is 1.79 bits per heavy atom. The third kappa shape index (κ3) is 4.66. The number of ether oxygens (including phenoxy) is 4. The molecule has 0 bridgehead atoms. The van der Waals surface area contributed by atoms with Crippen LogP contribution in [0.5, 0.6) is 5.75 Å². The minimum Gasteiger partial charge on any atom is -0.497 e. The van der Waals surface area contributed by atoms with Gasteiger partial charge in [0, 0.05) is 0 Å². The Morgan fingerprint density at radius 2 is 1.32 bits per heavy atom. The summed E-state index contributed by atoms with van der Waals surface area (Å²) in [6, 6.07) is 22.6. The van der Waals surface area contributed by atoms with Crippen LogP contribution in [0, 0.1) is 0 Å². The van der Waals surface area contributed by atoms with Crippen molar-refractivity contribution in [1.29, 1.82) is 0 Å². The first-order valence-electron chi connectivity index (χ1n) is 12.1. The van der Waals surface area contributed by atoms with E-state index in [0.717, 1.165) is 4.31 Å². The lowest BCUT2D eigenvalue weighted by Crippen LogP contribution is -2.62. The van der Waals surface area contributed by atoms with Crippen molar-refractivity contribution in [2.45, 2.75) is 36.6 Å². The van der Waals surface area contributed by atoms with Gasteiger partial charge in [-0.25, -0.2) is 18.0 Å². The van der Waals surface area contributed by atoms with E-state index in [1.807, 2.05) is 0 Å². The van der Waals surface area contributed by atoms with Gasteiger partial charge in [-0.05, 0) is 49.2 Å². The molecular formula is C28H29NO8S. The molecule has 0 saturated carbocycles. The van der Waals surface area contributed by atoms with E-state index >= 15 is 0 Å². The maximum Gasteiger partial charge on any atom is 0.342 e. The molecular weight excluding hydrogens is 510 g/mol. The van der Waals surface area contributed by atoms with Crippen LogP contribution in [0.2, 0.25) is 0 Å². The summed E-state index contributed by atoms with van der Waals surface area (Å²) in [5, 5.41) is 0. The van der Waals surface area contributed by atoms with Gasteiger partial charge in [0.05, 0.1) is 25.2 Å². The predicted octanol–water partition coefficient (Wildman–Crippen LogP) is 4.02. The molecule has 10 heteroatoms. The molecule has 1 fully saturated rings. The fraction of sp³-hybridized carbons (Fsp3) is 0.286. The Labute approximate surface area is 221 Å². The second kappa shape index (κ2) is 11.3. The number of methoxy groups -OCH3 is 1. The lowest BCUT2D eigenvalue weighted by Gasteiger charge is -2.36. The lowest BCUT2D eigenvalue weighted by atomic mass is 9.88. The summed E-state index contributed by atoms with van der Waals surface area (Å²) < 4.78 is 51.9. The highest BCUT2D eigenvalue weighted by molar-refractivity contribution is 7.89. The molecule has 1 saturated heterocycles. The Bertz CT molecular complexity index is 1340. The SMILES string of the molecule is CCOC(=O)C1(C(=O)OCC)[C@H](c2ccccc2)O[C@H](c2ccccc2)N1S(=O)(=O)c1ccc(OC)cc1. The molecule has 0 aromatic heterocycles. The van der Waals surface area contributed by atoms with Crippen molar-refractivity contribution in [2.75, 3.05) is 20.3 Å². The fourth-order valence-electron chi connectivity index (χ4n) is 4.50. The topological polar surface area (TPSA) is 108 Å². The van der Waals surface area contributed by atoms with Crippen molar-refractivity contribution in [3.05, 3.63) is 96.1 Å². The van der Waals surface area contributed by atoms with Gasteiger partial charge in [0.1, 0.15) is 11.9 Å². The maximum absolute atomic E-state index is 14.4. The van der Waals surface area contributed by atoms with Crippen molar-refractivity contribution < 1.29 is 37.0 Å². The average Bonchev–Trinajstić information content (AvgIpc) is 3.32. The molecule has 0 unspecified atom stereocenters. The summed E-state index contributed by atoms with van der Waals surface area (Å²) >= 11 is 0. The predicted molar refractivity (Wildman–Crippen MR) is 137 cm³/mol. The zero-order valence-corrected chi connectivity index (χ0v) is 22.1. The highest BCUT2D eigenvalue weighted by atomic mass is 32.2. The number of nitrogens with zero attached hydrogens (tertiary/aromatic N) is 1. The molecule has 200 valence electrons. The normalized spacial score (nSPS) is 19.0. The van der Waals surface area contributed by atoms with Crippen molar-refractivity contribution in [3.63, 3.8) is 0 Å². The van der Waals surface area contributed by atoms with E-state index in [-0.39, 0.29) is 18.1 Å². The van der Waals surface area contributed by atoms with Gasteiger partial charge >= 0.3 is 11.9 Å². The van der Waals surface area contributed by atoms with Crippen LogP contribution in [0.25, 0.3) is 0 Å². The van der Waals surface area contributed by atoms with Gasteiger partial charge in [0.2, 0.25) is 10.0 Å². The summed E-state index contributed by atoms with van der Waals surface area (Å²) in [6.07, 6.45) is -2.73. The molecule has 2 atom stereocenters. The van der Waals surface area contributed by atoms with Crippen molar-refractivity contribution in [2.24, 2.45) is 0 Å². The maximum atomic E-state index is 14.4. The first-order chi connectivity index (χ1) is 18.3. The smallest absolute Gasteiger partial charge is 0.342 e. The molecule has 0 amide bonds. The van der Waals surface area contributed by atoms with Gasteiger partial charge in [-0.3, -0.25) is 0 Å². The van der Waals surface area contributed by atoms with E-state index in [9.17, 15) is 18.0 Å². The van der Waals surface area contributed by atoms with Crippen LogP contribution in [-0.4, -0.2) is 50.5 Å². The minimum atomic E-state index is -4.59. The zero-order chi connectivity index (χ0) is 27.3. The van der Waals surface area contributed by atoms with Gasteiger partial charge in [0.25, 0.3) is 5.54 Å². The van der Waals surface area contributed by atoms with E-state index in [4.69, 9.17) is 18.9 Å². The van der Waals surface area contributed by atoms with E-state index in [1.54, 1.807) is 74.5 Å². The summed E-state index contributed by atoms with van der Waals surface area (Å²) in [4.78, 5) is 27.6. The number of hydrogen-bond acceptors (Lipinski definition) is 8. The Balaban J connectivity index is 2.06. The van der Waals surface area contributed by atoms with Crippen molar-refractivity contribution in [3.8, 4) is 5.75 Å². The molecule has 38 heavy (non-hydrogen) atoms. The largest absolute Gasteiger partial charge is 0.497 e.